The molecule has 0 bridgehead atoms. The zero-order valence-corrected chi connectivity index (χ0v) is 12.3. The van der Waals surface area contributed by atoms with Gasteiger partial charge in [-0.05, 0) is 25.7 Å². The van der Waals surface area contributed by atoms with E-state index in [0.717, 1.165) is 32.4 Å². The summed E-state index contributed by atoms with van der Waals surface area (Å²) in [5.41, 5.74) is 6.06. The number of nitrogens with two attached hydrogens (primary N) is 1. The van der Waals surface area contributed by atoms with Crippen LogP contribution >= 0.6 is 0 Å². The molecule has 2 aliphatic rings. The van der Waals surface area contributed by atoms with Crippen molar-refractivity contribution in [1.82, 2.24) is 4.90 Å². The topological polar surface area (TPSA) is 61.8 Å². The molecule has 1 saturated heterocycles. The van der Waals surface area contributed by atoms with E-state index in [1.54, 1.807) is 0 Å². The quantitative estimate of drug-likeness (QED) is 0.595. The van der Waals surface area contributed by atoms with Gasteiger partial charge in [0.05, 0.1) is 12.6 Å². The monoisotopic (exact) mass is 267 g/mol. The average molecular weight is 267 g/mol. The molecule has 1 aliphatic heterocycles. The first-order valence-corrected chi connectivity index (χ1v) is 7.85. The molecule has 0 aromatic heterocycles. The Morgan fingerprint density at radius 3 is 2.53 bits per heavy atom. The number of guanidine groups is 1. The van der Waals surface area contributed by atoms with Crippen LogP contribution in [0.25, 0.3) is 0 Å². The molecular weight excluding hydrogens is 238 g/mol. The van der Waals surface area contributed by atoms with Crippen LogP contribution in [0.2, 0.25) is 0 Å². The van der Waals surface area contributed by atoms with Crippen molar-refractivity contribution in [2.75, 3.05) is 19.6 Å². The molecule has 0 amide bonds. The highest BCUT2D eigenvalue weighted by atomic mass is 16.3. The van der Waals surface area contributed by atoms with Crippen molar-refractivity contribution >= 4 is 5.96 Å². The maximum Gasteiger partial charge on any atom is 0.191 e. The van der Waals surface area contributed by atoms with Crippen molar-refractivity contribution in [3.05, 3.63) is 0 Å². The Kier molecular flexibility index (Phi) is 5.08. The van der Waals surface area contributed by atoms with Crippen LogP contribution in [0.15, 0.2) is 4.99 Å². The van der Waals surface area contributed by atoms with E-state index in [9.17, 15) is 5.11 Å². The minimum absolute atomic E-state index is 0.0747. The lowest BCUT2D eigenvalue weighted by Gasteiger charge is -2.37. The van der Waals surface area contributed by atoms with Crippen LogP contribution in [0.3, 0.4) is 0 Å². The van der Waals surface area contributed by atoms with Gasteiger partial charge in [0.25, 0.3) is 0 Å². The van der Waals surface area contributed by atoms with Crippen LogP contribution in [0, 0.1) is 5.41 Å². The minimum Gasteiger partial charge on any atom is -0.392 e. The molecule has 0 radical (unpaired) electrons. The Morgan fingerprint density at radius 1 is 1.21 bits per heavy atom. The van der Waals surface area contributed by atoms with Gasteiger partial charge in [-0.15, -0.1) is 0 Å². The molecule has 4 heteroatoms. The summed E-state index contributed by atoms with van der Waals surface area (Å²) in [5, 5.41) is 10.2. The molecule has 4 nitrogen and oxygen atoms in total. The summed E-state index contributed by atoms with van der Waals surface area (Å²) in [6.45, 7) is 4.88. The summed E-state index contributed by atoms with van der Waals surface area (Å²) in [6, 6.07) is 0. The lowest BCUT2D eigenvalue weighted by molar-refractivity contribution is 0.00708. The zero-order chi connectivity index (χ0) is 13.7. The van der Waals surface area contributed by atoms with E-state index < -0.39 is 0 Å². The minimum atomic E-state index is -0.220. The first-order valence-electron chi connectivity index (χ1n) is 7.85. The fourth-order valence-electron chi connectivity index (χ4n) is 3.23. The van der Waals surface area contributed by atoms with Crippen molar-refractivity contribution in [2.45, 2.75) is 64.4 Å². The van der Waals surface area contributed by atoms with Crippen LogP contribution < -0.4 is 5.73 Å². The number of rotatable bonds is 2. The van der Waals surface area contributed by atoms with Gasteiger partial charge in [-0.25, -0.2) is 0 Å². The molecule has 19 heavy (non-hydrogen) atoms. The Bertz CT molecular complexity index is 311. The van der Waals surface area contributed by atoms with Crippen LogP contribution in [0.5, 0.6) is 0 Å². The molecule has 2 rings (SSSR count). The number of hydrogen-bond acceptors (Lipinski definition) is 2. The summed E-state index contributed by atoms with van der Waals surface area (Å²) in [5.74, 6) is 0.681. The third-order valence-electron chi connectivity index (χ3n) is 4.81. The van der Waals surface area contributed by atoms with Crippen LogP contribution in [0.4, 0.5) is 0 Å². The average Bonchev–Trinajstić information content (AvgIpc) is 2.69. The van der Waals surface area contributed by atoms with Crippen LogP contribution in [-0.2, 0) is 0 Å². The summed E-state index contributed by atoms with van der Waals surface area (Å²) in [6.07, 6.45) is 9.14. The summed E-state index contributed by atoms with van der Waals surface area (Å²) in [7, 11) is 0. The summed E-state index contributed by atoms with van der Waals surface area (Å²) < 4.78 is 0. The van der Waals surface area contributed by atoms with Gasteiger partial charge in [0.15, 0.2) is 5.96 Å². The van der Waals surface area contributed by atoms with E-state index in [0.29, 0.717) is 12.5 Å². The first kappa shape index (κ1) is 14.6. The Balaban J connectivity index is 1.92. The van der Waals surface area contributed by atoms with Crippen molar-refractivity contribution in [2.24, 2.45) is 16.1 Å². The third kappa shape index (κ3) is 3.85. The van der Waals surface area contributed by atoms with Crippen LogP contribution in [0.1, 0.15) is 58.3 Å². The second-order valence-electron chi connectivity index (χ2n) is 6.49. The van der Waals surface area contributed by atoms with Crippen LogP contribution in [-0.4, -0.2) is 41.7 Å². The molecule has 110 valence electrons. The van der Waals surface area contributed by atoms with Crippen molar-refractivity contribution < 1.29 is 5.11 Å². The molecule has 2 unspecified atom stereocenters. The van der Waals surface area contributed by atoms with Gasteiger partial charge in [-0.3, -0.25) is 4.99 Å². The van der Waals surface area contributed by atoms with E-state index in [1.165, 1.54) is 32.1 Å². The maximum atomic E-state index is 10.2. The number of aliphatic hydroxyl groups excluding tert-OH is 1. The highest BCUT2D eigenvalue weighted by Crippen LogP contribution is 2.36. The van der Waals surface area contributed by atoms with Gasteiger partial charge in [0.2, 0.25) is 0 Å². The van der Waals surface area contributed by atoms with Crippen molar-refractivity contribution in [3.63, 3.8) is 0 Å². The molecular formula is C15H29N3O. The van der Waals surface area contributed by atoms with E-state index in [1.807, 2.05) is 0 Å². The molecule has 0 aromatic rings. The zero-order valence-electron chi connectivity index (χ0n) is 12.3. The van der Waals surface area contributed by atoms with Crippen molar-refractivity contribution in [1.29, 1.82) is 0 Å². The fourth-order valence-corrected chi connectivity index (χ4v) is 3.23. The molecule has 1 saturated carbocycles. The highest BCUT2D eigenvalue weighted by Gasteiger charge is 2.35. The molecule has 1 heterocycles. The van der Waals surface area contributed by atoms with Crippen molar-refractivity contribution in [3.8, 4) is 0 Å². The van der Waals surface area contributed by atoms with E-state index >= 15 is 0 Å². The van der Waals surface area contributed by atoms with E-state index in [-0.39, 0.29) is 11.5 Å². The molecule has 0 aromatic carbocycles. The van der Waals surface area contributed by atoms with Gasteiger partial charge >= 0.3 is 0 Å². The number of nitrogens with zero attached hydrogens (tertiary/aromatic N) is 2. The second kappa shape index (κ2) is 6.60. The maximum absolute atomic E-state index is 10.2. The predicted molar refractivity (Wildman–Crippen MR) is 79.1 cm³/mol. The standard InChI is InChI=1S/C15H29N3O/c1-15(9-5-4-8-13(15)19)12-17-14(16)18-10-6-2-3-7-11-18/h13,19H,2-12H2,1H3,(H2,16,17). The Hall–Kier alpha value is -0.770. The van der Waals surface area contributed by atoms with Gasteiger partial charge < -0.3 is 15.7 Å². The SMILES string of the molecule is CC1(CN=C(N)N2CCCCCC2)CCCCC1O. The van der Waals surface area contributed by atoms with E-state index in [4.69, 9.17) is 5.73 Å². The largest absolute Gasteiger partial charge is 0.392 e. The number of hydrogen-bond donors (Lipinski definition) is 2. The number of aliphatic hydroxyl groups is 1. The molecule has 1 aliphatic carbocycles. The fraction of sp³-hybridized carbons (Fsp3) is 0.933. The summed E-state index contributed by atoms with van der Waals surface area (Å²) >= 11 is 0. The van der Waals surface area contributed by atoms with Gasteiger partial charge in [-0.1, -0.05) is 32.6 Å². The Labute approximate surface area is 117 Å². The lowest BCUT2D eigenvalue weighted by Crippen LogP contribution is -2.41. The second-order valence-corrected chi connectivity index (χ2v) is 6.49. The molecule has 0 spiro atoms. The smallest absolute Gasteiger partial charge is 0.191 e. The van der Waals surface area contributed by atoms with Gasteiger partial charge in [0, 0.05) is 18.5 Å². The molecule has 2 atom stereocenters. The number of aliphatic imine (C=N–C) groups is 1. The lowest BCUT2D eigenvalue weighted by atomic mass is 9.73. The highest BCUT2D eigenvalue weighted by molar-refractivity contribution is 5.78. The van der Waals surface area contributed by atoms with Gasteiger partial charge in [0.1, 0.15) is 0 Å². The molecule has 2 fully saturated rings. The normalized spacial score (nSPS) is 34.1. The number of likely N-dealkylation sites (tertiary alicyclic amines) is 1. The summed E-state index contributed by atoms with van der Waals surface area (Å²) in [4.78, 5) is 6.81. The predicted octanol–water partition coefficient (Wildman–Crippen LogP) is 2.12. The molecule has 3 N–H and O–H groups in total. The Morgan fingerprint density at radius 2 is 1.89 bits per heavy atom. The van der Waals surface area contributed by atoms with Gasteiger partial charge in [-0.2, -0.15) is 0 Å². The van der Waals surface area contributed by atoms with E-state index in [2.05, 4.69) is 16.8 Å². The third-order valence-corrected chi connectivity index (χ3v) is 4.81. The first-order chi connectivity index (χ1) is 9.12.